The van der Waals surface area contributed by atoms with Crippen LogP contribution in [0, 0.1) is 0 Å². The number of anilines is 1. The lowest BCUT2D eigenvalue weighted by atomic mass is 10.1. The summed E-state index contributed by atoms with van der Waals surface area (Å²) >= 11 is 5.53. The summed E-state index contributed by atoms with van der Waals surface area (Å²) in [6.07, 6.45) is -3.04. The highest BCUT2D eigenvalue weighted by molar-refractivity contribution is 6.30. The molecule has 7 heteroatoms. The van der Waals surface area contributed by atoms with Crippen LogP contribution in [0.2, 0.25) is 5.02 Å². The molecule has 0 atom stereocenters. The van der Waals surface area contributed by atoms with E-state index < -0.39 is 17.6 Å². The van der Waals surface area contributed by atoms with Gasteiger partial charge in [-0.3, -0.25) is 4.79 Å². The van der Waals surface area contributed by atoms with Gasteiger partial charge in [-0.2, -0.15) is 13.2 Å². The molecule has 0 aliphatic carbocycles. The van der Waals surface area contributed by atoms with Crippen LogP contribution in [0.3, 0.4) is 0 Å². The number of alkyl halides is 3. The minimum Gasteiger partial charge on any atom is -0.324 e. The molecule has 0 aliphatic rings. The average Bonchev–Trinajstić information content (AvgIpc) is 2.30. The molecule has 0 bridgehead atoms. The molecule has 0 unspecified atom stereocenters. The van der Waals surface area contributed by atoms with Crippen molar-refractivity contribution in [2.24, 2.45) is 0 Å². The lowest BCUT2D eigenvalue weighted by Gasteiger charge is -2.14. The first-order valence-corrected chi connectivity index (χ1v) is 5.70. The van der Waals surface area contributed by atoms with Crippen LogP contribution in [-0.2, 0) is 11.0 Å². The highest BCUT2D eigenvalue weighted by Crippen LogP contribution is 2.36. The number of halogens is 4. The Kier molecular flexibility index (Phi) is 5.38. The maximum Gasteiger partial charge on any atom is 0.418 e. The van der Waals surface area contributed by atoms with Crippen molar-refractivity contribution in [3.8, 4) is 0 Å². The molecule has 3 nitrogen and oxygen atoms in total. The van der Waals surface area contributed by atoms with Gasteiger partial charge in [0.1, 0.15) is 0 Å². The highest BCUT2D eigenvalue weighted by Gasteiger charge is 2.34. The van der Waals surface area contributed by atoms with Crippen LogP contribution >= 0.6 is 11.6 Å². The molecule has 0 saturated carbocycles. The van der Waals surface area contributed by atoms with Gasteiger partial charge in [0.2, 0.25) is 5.91 Å². The largest absolute Gasteiger partial charge is 0.418 e. The van der Waals surface area contributed by atoms with Crippen LogP contribution in [0.1, 0.15) is 5.56 Å². The van der Waals surface area contributed by atoms with Crippen molar-refractivity contribution in [3.63, 3.8) is 0 Å². The third-order valence-electron chi connectivity index (χ3n) is 2.14. The standard InChI is InChI=1S/C12H12ClF3N2O/c1-2-5-17-7-11(19)18-10-4-3-8(13)6-9(10)12(14,15)16/h2-4,6,17H,1,5,7H2,(H,18,19). The van der Waals surface area contributed by atoms with Crippen LogP contribution in [-0.4, -0.2) is 19.0 Å². The Bertz CT molecular complexity index is 475. The lowest BCUT2D eigenvalue weighted by Crippen LogP contribution is -2.28. The number of nitrogens with one attached hydrogen (secondary N) is 2. The van der Waals surface area contributed by atoms with Gasteiger partial charge in [-0.05, 0) is 18.2 Å². The van der Waals surface area contributed by atoms with Crippen LogP contribution in [0.15, 0.2) is 30.9 Å². The fourth-order valence-electron chi connectivity index (χ4n) is 1.34. The topological polar surface area (TPSA) is 41.1 Å². The second-order valence-electron chi connectivity index (χ2n) is 3.66. The van der Waals surface area contributed by atoms with E-state index >= 15 is 0 Å². The summed E-state index contributed by atoms with van der Waals surface area (Å²) in [6.45, 7) is 3.72. The number of carbonyl (C=O) groups is 1. The van der Waals surface area contributed by atoms with Crippen LogP contribution in [0.25, 0.3) is 0 Å². The van der Waals surface area contributed by atoms with Gasteiger partial charge < -0.3 is 10.6 Å². The first-order chi connectivity index (χ1) is 8.84. The van der Waals surface area contributed by atoms with Gasteiger partial charge in [0.25, 0.3) is 0 Å². The van der Waals surface area contributed by atoms with E-state index in [1.165, 1.54) is 12.1 Å². The zero-order chi connectivity index (χ0) is 14.5. The molecule has 0 heterocycles. The third kappa shape index (κ3) is 4.92. The Hall–Kier alpha value is -1.53. The molecule has 0 aromatic heterocycles. The van der Waals surface area contributed by atoms with Crippen molar-refractivity contribution in [2.75, 3.05) is 18.4 Å². The molecule has 19 heavy (non-hydrogen) atoms. The molecular formula is C12H12ClF3N2O. The van der Waals surface area contributed by atoms with Gasteiger partial charge in [0, 0.05) is 11.6 Å². The van der Waals surface area contributed by atoms with Gasteiger partial charge >= 0.3 is 6.18 Å². The fraction of sp³-hybridized carbons (Fsp3) is 0.250. The zero-order valence-corrected chi connectivity index (χ0v) is 10.6. The van der Waals surface area contributed by atoms with E-state index in [2.05, 4.69) is 17.2 Å². The predicted octanol–water partition coefficient (Wildman–Crippen LogP) is 3.07. The molecule has 0 spiro atoms. The molecule has 0 fully saturated rings. The summed E-state index contributed by atoms with van der Waals surface area (Å²) in [5, 5.41) is 4.83. The van der Waals surface area contributed by atoms with Crippen molar-refractivity contribution < 1.29 is 18.0 Å². The van der Waals surface area contributed by atoms with E-state index in [9.17, 15) is 18.0 Å². The smallest absolute Gasteiger partial charge is 0.324 e. The Morgan fingerprint density at radius 2 is 2.11 bits per heavy atom. The summed E-state index contributed by atoms with van der Waals surface area (Å²) < 4.78 is 38.2. The summed E-state index contributed by atoms with van der Waals surface area (Å²) in [7, 11) is 0. The second kappa shape index (κ2) is 6.58. The van der Waals surface area contributed by atoms with Gasteiger partial charge in [-0.1, -0.05) is 17.7 Å². The van der Waals surface area contributed by atoms with E-state index in [0.29, 0.717) is 6.54 Å². The molecule has 1 aromatic rings. The quantitative estimate of drug-likeness (QED) is 0.647. The summed E-state index contributed by atoms with van der Waals surface area (Å²) in [5.41, 5.74) is -1.29. The Morgan fingerprint density at radius 1 is 1.42 bits per heavy atom. The maximum atomic E-state index is 12.7. The first kappa shape index (κ1) is 15.5. The van der Waals surface area contributed by atoms with Crippen molar-refractivity contribution >= 4 is 23.2 Å². The molecule has 0 radical (unpaired) electrons. The van der Waals surface area contributed by atoms with Gasteiger partial charge in [-0.25, -0.2) is 0 Å². The predicted molar refractivity (Wildman–Crippen MR) is 68.2 cm³/mol. The highest BCUT2D eigenvalue weighted by atomic mass is 35.5. The number of carbonyl (C=O) groups excluding carboxylic acids is 1. The van der Waals surface area contributed by atoms with Gasteiger partial charge in [-0.15, -0.1) is 6.58 Å². The molecule has 104 valence electrons. The summed E-state index contributed by atoms with van der Waals surface area (Å²) in [5.74, 6) is -0.574. The lowest BCUT2D eigenvalue weighted by molar-refractivity contribution is -0.137. The first-order valence-electron chi connectivity index (χ1n) is 5.33. The van der Waals surface area contributed by atoms with E-state index in [0.717, 1.165) is 12.1 Å². The number of hydrogen-bond acceptors (Lipinski definition) is 2. The Morgan fingerprint density at radius 3 is 2.68 bits per heavy atom. The SMILES string of the molecule is C=CCNCC(=O)Nc1ccc(Cl)cc1C(F)(F)F. The van der Waals surface area contributed by atoms with E-state index in [1.807, 2.05) is 0 Å². The molecule has 0 aliphatic heterocycles. The van der Waals surface area contributed by atoms with E-state index in [-0.39, 0.29) is 17.3 Å². The molecule has 1 rings (SSSR count). The summed E-state index contributed by atoms with van der Waals surface area (Å²) in [6, 6.07) is 3.18. The summed E-state index contributed by atoms with van der Waals surface area (Å²) in [4.78, 5) is 11.4. The van der Waals surface area contributed by atoms with Crippen molar-refractivity contribution in [1.29, 1.82) is 0 Å². The second-order valence-corrected chi connectivity index (χ2v) is 4.09. The Labute approximate surface area is 113 Å². The number of benzene rings is 1. The van der Waals surface area contributed by atoms with Crippen LogP contribution in [0.5, 0.6) is 0 Å². The average molecular weight is 293 g/mol. The molecule has 0 saturated heterocycles. The number of amides is 1. The third-order valence-corrected chi connectivity index (χ3v) is 2.37. The number of hydrogen-bond donors (Lipinski definition) is 2. The van der Waals surface area contributed by atoms with E-state index in [1.54, 1.807) is 0 Å². The minimum absolute atomic E-state index is 0.0462. The molecule has 2 N–H and O–H groups in total. The normalized spacial score (nSPS) is 11.2. The zero-order valence-electron chi connectivity index (χ0n) is 9.85. The molecule has 1 aromatic carbocycles. The maximum absolute atomic E-state index is 12.7. The number of rotatable bonds is 5. The van der Waals surface area contributed by atoms with Crippen LogP contribution < -0.4 is 10.6 Å². The van der Waals surface area contributed by atoms with E-state index in [4.69, 9.17) is 11.6 Å². The van der Waals surface area contributed by atoms with Crippen molar-refractivity contribution in [3.05, 3.63) is 41.4 Å². The molecule has 1 amide bonds. The van der Waals surface area contributed by atoms with Crippen LogP contribution in [0.4, 0.5) is 18.9 Å². The Balaban J connectivity index is 2.83. The van der Waals surface area contributed by atoms with Gasteiger partial charge in [0.15, 0.2) is 0 Å². The monoisotopic (exact) mass is 292 g/mol. The molecular weight excluding hydrogens is 281 g/mol. The van der Waals surface area contributed by atoms with Gasteiger partial charge in [0.05, 0.1) is 17.8 Å². The van der Waals surface area contributed by atoms with Crippen molar-refractivity contribution in [2.45, 2.75) is 6.18 Å². The minimum atomic E-state index is -4.58. The van der Waals surface area contributed by atoms with Crippen molar-refractivity contribution in [1.82, 2.24) is 5.32 Å². The fourth-order valence-corrected chi connectivity index (χ4v) is 1.51.